The predicted molar refractivity (Wildman–Crippen MR) is 93.5 cm³/mol. The molecule has 0 saturated carbocycles. The Bertz CT molecular complexity index is 397. The number of unbranched alkanes of at least 4 members (excludes halogenated alkanes) is 1. The number of thioether (sulfide) groups is 1. The first-order chi connectivity index (χ1) is 11.3. The standard InChI is InChI=1S/C15H29N3O5S/c1-4-5-6-24-8-12(17-9-19)15(23)16-7-13(21)14(22)10(2)18-11(3)20/h9-10,12-14,21-22H,4-8H2,1-3H3,(H,16,23)(H,17,19)(H,18,20). The Balaban J connectivity index is 4.33. The van der Waals surface area contributed by atoms with Crippen molar-refractivity contribution in [1.29, 1.82) is 0 Å². The maximum atomic E-state index is 12.1. The Kier molecular flexibility index (Phi) is 12.3. The molecule has 0 aliphatic rings. The zero-order valence-corrected chi connectivity index (χ0v) is 15.3. The van der Waals surface area contributed by atoms with Gasteiger partial charge in [0, 0.05) is 19.2 Å². The summed E-state index contributed by atoms with van der Waals surface area (Å²) < 4.78 is 0. The molecule has 0 radical (unpaired) electrons. The topological polar surface area (TPSA) is 128 Å². The molecule has 140 valence electrons. The van der Waals surface area contributed by atoms with Crippen LogP contribution in [0.1, 0.15) is 33.6 Å². The molecule has 5 N–H and O–H groups in total. The molecule has 3 amide bonds. The van der Waals surface area contributed by atoms with Crippen LogP contribution in [0, 0.1) is 0 Å². The molecule has 9 heteroatoms. The molecule has 0 aromatic rings. The molecule has 0 rings (SSSR count). The van der Waals surface area contributed by atoms with Crippen molar-refractivity contribution in [2.45, 2.75) is 57.9 Å². The SMILES string of the molecule is CCCCSCC(NC=O)C(=O)NCC(O)C(O)C(C)NC(C)=O. The second-order valence-corrected chi connectivity index (χ2v) is 6.71. The molecule has 4 atom stereocenters. The van der Waals surface area contributed by atoms with Crippen molar-refractivity contribution in [3.8, 4) is 0 Å². The molecule has 8 nitrogen and oxygen atoms in total. The van der Waals surface area contributed by atoms with Crippen LogP contribution in [0.25, 0.3) is 0 Å². The smallest absolute Gasteiger partial charge is 0.243 e. The van der Waals surface area contributed by atoms with Gasteiger partial charge in [0.15, 0.2) is 0 Å². The lowest BCUT2D eigenvalue weighted by Gasteiger charge is -2.25. The number of nitrogens with one attached hydrogen (secondary N) is 3. The lowest BCUT2D eigenvalue weighted by molar-refractivity contribution is -0.126. The molecule has 0 saturated heterocycles. The third kappa shape index (κ3) is 9.74. The lowest BCUT2D eigenvalue weighted by Crippen LogP contribution is -2.52. The third-order valence-corrected chi connectivity index (χ3v) is 4.48. The Morgan fingerprint density at radius 1 is 1.29 bits per heavy atom. The van der Waals surface area contributed by atoms with E-state index >= 15 is 0 Å². The van der Waals surface area contributed by atoms with Gasteiger partial charge in [-0.2, -0.15) is 11.8 Å². The number of hydrogen-bond acceptors (Lipinski definition) is 6. The molecular weight excluding hydrogens is 334 g/mol. The fourth-order valence-electron chi connectivity index (χ4n) is 1.92. The summed E-state index contributed by atoms with van der Waals surface area (Å²) in [5.41, 5.74) is 0. The van der Waals surface area contributed by atoms with E-state index in [1.54, 1.807) is 18.7 Å². The second-order valence-electron chi connectivity index (χ2n) is 5.56. The molecule has 24 heavy (non-hydrogen) atoms. The van der Waals surface area contributed by atoms with Crippen LogP contribution in [0.5, 0.6) is 0 Å². The molecular formula is C15H29N3O5S. The lowest BCUT2D eigenvalue weighted by atomic mass is 10.1. The van der Waals surface area contributed by atoms with Gasteiger partial charge in [0.25, 0.3) is 0 Å². The minimum absolute atomic E-state index is 0.180. The van der Waals surface area contributed by atoms with Crippen LogP contribution in [0.3, 0.4) is 0 Å². The number of hydrogen-bond donors (Lipinski definition) is 5. The second kappa shape index (κ2) is 13.0. The van der Waals surface area contributed by atoms with E-state index in [9.17, 15) is 24.6 Å². The average Bonchev–Trinajstić information content (AvgIpc) is 2.53. The van der Waals surface area contributed by atoms with Gasteiger partial charge in [0.05, 0.1) is 12.1 Å². The number of carbonyl (C=O) groups is 3. The van der Waals surface area contributed by atoms with Gasteiger partial charge in [0.2, 0.25) is 18.2 Å². The molecule has 0 spiro atoms. The van der Waals surface area contributed by atoms with Crippen LogP contribution in [0.15, 0.2) is 0 Å². The van der Waals surface area contributed by atoms with Crippen LogP contribution in [-0.4, -0.2) is 70.8 Å². The van der Waals surface area contributed by atoms with Crippen LogP contribution < -0.4 is 16.0 Å². The van der Waals surface area contributed by atoms with Gasteiger partial charge < -0.3 is 26.2 Å². The highest BCUT2D eigenvalue weighted by atomic mass is 32.2. The molecule has 0 aliphatic heterocycles. The van der Waals surface area contributed by atoms with Crippen molar-refractivity contribution in [2.75, 3.05) is 18.1 Å². The quantitative estimate of drug-likeness (QED) is 0.211. The molecule has 0 bridgehead atoms. The number of carbonyl (C=O) groups excluding carboxylic acids is 3. The molecule has 0 heterocycles. The Morgan fingerprint density at radius 2 is 1.96 bits per heavy atom. The van der Waals surface area contributed by atoms with Crippen LogP contribution in [0.4, 0.5) is 0 Å². The first-order valence-corrected chi connectivity index (χ1v) is 9.17. The van der Waals surface area contributed by atoms with Crippen LogP contribution in [-0.2, 0) is 14.4 Å². The average molecular weight is 363 g/mol. The molecule has 0 aromatic carbocycles. The minimum Gasteiger partial charge on any atom is -0.388 e. The first kappa shape index (κ1) is 22.7. The maximum Gasteiger partial charge on any atom is 0.243 e. The Hall–Kier alpha value is -1.32. The van der Waals surface area contributed by atoms with Gasteiger partial charge >= 0.3 is 0 Å². The Morgan fingerprint density at radius 3 is 2.50 bits per heavy atom. The summed E-state index contributed by atoms with van der Waals surface area (Å²) in [5, 5.41) is 27.2. The van der Waals surface area contributed by atoms with E-state index in [0.29, 0.717) is 12.2 Å². The number of aliphatic hydroxyl groups excluding tert-OH is 2. The highest BCUT2D eigenvalue weighted by Gasteiger charge is 2.25. The summed E-state index contributed by atoms with van der Waals surface area (Å²) in [4.78, 5) is 33.6. The van der Waals surface area contributed by atoms with E-state index in [0.717, 1.165) is 18.6 Å². The number of aliphatic hydroxyl groups is 2. The van der Waals surface area contributed by atoms with E-state index < -0.39 is 30.2 Å². The Labute approximate surface area is 147 Å². The molecule has 4 unspecified atom stereocenters. The van der Waals surface area contributed by atoms with Crippen LogP contribution >= 0.6 is 11.8 Å². The van der Waals surface area contributed by atoms with Gasteiger partial charge in [-0.1, -0.05) is 13.3 Å². The van der Waals surface area contributed by atoms with E-state index in [2.05, 4.69) is 22.9 Å². The predicted octanol–water partition coefficient (Wildman–Crippen LogP) is -1.00. The molecule has 0 fully saturated rings. The monoisotopic (exact) mass is 363 g/mol. The van der Waals surface area contributed by atoms with Crippen molar-refractivity contribution in [3.05, 3.63) is 0 Å². The van der Waals surface area contributed by atoms with E-state index in [4.69, 9.17) is 0 Å². The number of rotatable bonds is 13. The fraction of sp³-hybridized carbons (Fsp3) is 0.800. The van der Waals surface area contributed by atoms with Crippen molar-refractivity contribution in [2.24, 2.45) is 0 Å². The van der Waals surface area contributed by atoms with Gasteiger partial charge in [-0.3, -0.25) is 14.4 Å². The maximum absolute atomic E-state index is 12.1. The summed E-state index contributed by atoms with van der Waals surface area (Å²) in [5.74, 6) is 0.587. The van der Waals surface area contributed by atoms with Gasteiger partial charge in [-0.05, 0) is 19.1 Å². The highest BCUT2D eigenvalue weighted by molar-refractivity contribution is 7.99. The van der Waals surface area contributed by atoms with Crippen LogP contribution in [0.2, 0.25) is 0 Å². The first-order valence-electron chi connectivity index (χ1n) is 8.01. The summed E-state index contributed by atoms with van der Waals surface area (Å²) in [6, 6.07) is -1.34. The highest BCUT2D eigenvalue weighted by Crippen LogP contribution is 2.07. The molecule has 0 aromatic heterocycles. The van der Waals surface area contributed by atoms with Gasteiger partial charge in [0.1, 0.15) is 12.1 Å². The zero-order valence-electron chi connectivity index (χ0n) is 14.4. The summed E-state index contributed by atoms with van der Waals surface area (Å²) in [6.45, 7) is 4.76. The van der Waals surface area contributed by atoms with Crippen molar-refractivity contribution >= 4 is 30.0 Å². The minimum atomic E-state index is -1.24. The fourth-order valence-corrected chi connectivity index (χ4v) is 3.06. The largest absolute Gasteiger partial charge is 0.388 e. The van der Waals surface area contributed by atoms with Gasteiger partial charge in [-0.15, -0.1) is 0 Å². The third-order valence-electron chi connectivity index (χ3n) is 3.34. The van der Waals surface area contributed by atoms with E-state index in [-0.39, 0.29) is 12.5 Å². The molecule has 0 aliphatic carbocycles. The summed E-state index contributed by atoms with van der Waals surface area (Å²) in [6.07, 6.45) is 0.105. The zero-order chi connectivity index (χ0) is 18.5. The van der Waals surface area contributed by atoms with Crippen molar-refractivity contribution in [3.63, 3.8) is 0 Å². The van der Waals surface area contributed by atoms with E-state index in [1.807, 2.05) is 0 Å². The normalized spacial score (nSPS) is 15.7. The summed E-state index contributed by atoms with van der Waals surface area (Å²) >= 11 is 1.56. The van der Waals surface area contributed by atoms with E-state index in [1.165, 1.54) is 6.92 Å². The summed E-state index contributed by atoms with van der Waals surface area (Å²) in [7, 11) is 0. The van der Waals surface area contributed by atoms with Crippen molar-refractivity contribution in [1.82, 2.24) is 16.0 Å². The van der Waals surface area contributed by atoms with Gasteiger partial charge in [-0.25, -0.2) is 0 Å². The van der Waals surface area contributed by atoms with Crippen molar-refractivity contribution < 1.29 is 24.6 Å². The number of amides is 3.